The number of hydrogen-bond acceptors (Lipinski definition) is 8. The fraction of sp³-hybridized carbons (Fsp3) is 0.348. The maximum absolute atomic E-state index is 14.9. The standard InChI is InChI=1S/C23H26FN9/c1-14(2)33-15(3)30-23-17(24)8-16(9-19(23)33)18-10-20(29-13-28-18)31-21-11-27-22(12-26-21)32-6-4-25-5-7-32/h8-14,25H,4-7H2,1-3H3,(H,26,28,29,31). The van der Waals surface area contributed by atoms with Crippen LogP contribution < -0.4 is 15.5 Å². The molecule has 0 saturated carbocycles. The molecule has 1 aromatic carbocycles. The summed E-state index contributed by atoms with van der Waals surface area (Å²) in [6.45, 7) is 9.70. The third-order valence-electron chi connectivity index (χ3n) is 5.74. The van der Waals surface area contributed by atoms with Crippen molar-refractivity contribution in [3.8, 4) is 11.3 Å². The predicted molar refractivity (Wildman–Crippen MR) is 126 cm³/mol. The summed E-state index contributed by atoms with van der Waals surface area (Å²) in [4.78, 5) is 24.2. The fourth-order valence-electron chi connectivity index (χ4n) is 4.23. The Bertz CT molecular complexity index is 1280. The fourth-order valence-corrected chi connectivity index (χ4v) is 4.23. The van der Waals surface area contributed by atoms with Gasteiger partial charge in [-0.1, -0.05) is 0 Å². The Kier molecular flexibility index (Phi) is 5.59. The highest BCUT2D eigenvalue weighted by atomic mass is 19.1. The summed E-state index contributed by atoms with van der Waals surface area (Å²) in [6.07, 6.45) is 4.90. The lowest BCUT2D eigenvalue weighted by Gasteiger charge is -2.28. The number of nitrogens with zero attached hydrogens (tertiary/aromatic N) is 7. The van der Waals surface area contributed by atoms with Crippen LogP contribution in [0.1, 0.15) is 25.7 Å². The molecule has 1 fully saturated rings. The van der Waals surface area contributed by atoms with Crippen molar-refractivity contribution >= 4 is 28.5 Å². The van der Waals surface area contributed by atoms with Crippen molar-refractivity contribution in [3.63, 3.8) is 0 Å². The first kappa shape index (κ1) is 21.2. The minimum absolute atomic E-state index is 0.162. The monoisotopic (exact) mass is 447 g/mol. The van der Waals surface area contributed by atoms with Crippen LogP contribution >= 0.6 is 0 Å². The van der Waals surface area contributed by atoms with Gasteiger partial charge in [0.1, 0.15) is 35.1 Å². The number of anilines is 3. The molecule has 4 aromatic rings. The molecule has 2 N–H and O–H groups in total. The largest absolute Gasteiger partial charge is 0.353 e. The zero-order chi connectivity index (χ0) is 22.9. The van der Waals surface area contributed by atoms with E-state index in [0.29, 0.717) is 28.4 Å². The highest BCUT2D eigenvalue weighted by molar-refractivity contribution is 5.83. The zero-order valence-corrected chi connectivity index (χ0v) is 18.9. The molecule has 4 heterocycles. The Hall–Kier alpha value is -3.66. The molecule has 1 aliphatic rings. The molecular weight excluding hydrogens is 421 g/mol. The summed E-state index contributed by atoms with van der Waals surface area (Å²) < 4.78 is 16.9. The highest BCUT2D eigenvalue weighted by Gasteiger charge is 2.17. The highest BCUT2D eigenvalue weighted by Crippen LogP contribution is 2.29. The van der Waals surface area contributed by atoms with E-state index in [2.05, 4.69) is 54.3 Å². The van der Waals surface area contributed by atoms with E-state index in [-0.39, 0.29) is 11.9 Å². The smallest absolute Gasteiger partial charge is 0.151 e. The van der Waals surface area contributed by atoms with E-state index >= 15 is 0 Å². The molecule has 33 heavy (non-hydrogen) atoms. The second kappa shape index (κ2) is 8.70. The van der Waals surface area contributed by atoms with E-state index in [4.69, 9.17) is 0 Å². The number of halogens is 1. The van der Waals surface area contributed by atoms with Crippen LogP contribution in [0.3, 0.4) is 0 Å². The van der Waals surface area contributed by atoms with Crippen LogP contribution in [0.25, 0.3) is 22.3 Å². The summed E-state index contributed by atoms with van der Waals surface area (Å²) >= 11 is 0. The molecular formula is C23H26FN9. The quantitative estimate of drug-likeness (QED) is 0.480. The van der Waals surface area contributed by atoms with E-state index < -0.39 is 0 Å². The molecule has 0 atom stereocenters. The van der Waals surface area contributed by atoms with Crippen molar-refractivity contribution in [2.24, 2.45) is 0 Å². The molecule has 0 bridgehead atoms. The van der Waals surface area contributed by atoms with E-state index in [1.807, 2.05) is 17.6 Å². The number of aromatic nitrogens is 6. The lowest BCUT2D eigenvalue weighted by Crippen LogP contribution is -2.43. The van der Waals surface area contributed by atoms with Crippen LogP contribution in [-0.2, 0) is 0 Å². The van der Waals surface area contributed by atoms with Gasteiger partial charge in [-0.3, -0.25) is 0 Å². The van der Waals surface area contributed by atoms with Crippen LogP contribution in [0.2, 0.25) is 0 Å². The van der Waals surface area contributed by atoms with Gasteiger partial charge in [-0.15, -0.1) is 0 Å². The van der Waals surface area contributed by atoms with Gasteiger partial charge in [0.2, 0.25) is 0 Å². The van der Waals surface area contributed by atoms with Gasteiger partial charge in [0.05, 0.1) is 23.6 Å². The maximum atomic E-state index is 14.9. The van der Waals surface area contributed by atoms with Gasteiger partial charge in [0, 0.05) is 43.9 Å². The zero-order valence-electron chi connectivity index (χ0n) is 18.9. The molecule has 0 aliphatic carbocycles. The van der Waals surface area contributed by atoms with E-state index in [9.17, 15) is 4.39 Å². The Morgan fingerprint density at radius 1 is 1.00 bits per heavy atom. The van der Waals surface area contributed by atoms with Crippen LogP contribution in [0.5, 0.6) is 0 Å². The van der Waals surface area contributed by atoms with E-state index in [1.54, 1.807) is 18.5 Å². The van der Waals surface area contributed by atoms with Crippen molar-refractivity contribution < 1.29 is 4.39 Å². The molecule has 0 spiro atoms. The molecule has 0 unspecified atom stereocenters. The molecule has 10 heteroatoms. The van der Waals surface area contributed by atoms with Gasteiger partial charge >= 0.3 is 0 Å². The van der Waals surface area contributed by atoms with E-state index in [0.717, 1.165) is 43.3 Å². The third kappa shape index (κ3) is 4.21. The maximum Gasteiger partial charge on any atom is 0.151 e. The number of imidazole rings is 1. The van der Waals surface area contributed by atoms with Crippen molar-refractivity contribution in [2.45, 2.75) is 26.8 Å². The summed E-state index contributed by atoms with van der Waals surface area (Å²) in [5, 5.41) is 6.49. The SMILES string of the molecule is Cc1nc2c(F)cc(-c3cc(Nc4cnc(N5CCNCC5)cn4)ncn3)cc2n1C(C)C. The van der Waals surface area contributed by atoms with Crippen LogP contribution in [0, 0.1) is 12.7 Å². The van der Waals surface area contributed by atoms with Gasteiger partial charge in [0.15, 0.2) is 5.82 Å². The number of piperazine rings is 1. The van der Waals surface area contributed by atoms with Crippen molar-refractivity contribution in [1.29, 1.82) is 0 Å². The number of hydrogen-bond donors (Lipinski definition) is 2. The number of rotatable bonds is 5. The number of nitrogens with one attached hydrogen (secondary N) is 2. The van der Waals surface area contributed by atoms with Crippen molar-refractivity contribution in [3.05, 3.63) is 48.6 Å². The van der Waals surface area contributed by atoms with Crippen LogP contribution in [0.4, 0.5) is 21.8 Å². The van der Waals surface area contributed by atoms with Gasteiger partial charge in [-0.2, -0.15) is 0 Å². The first-order valence-electron chi connectivity index (χ1n) is 11.0. The molecule has 5 rings (SSSR count). The van der Waals surface area contributed by atoms with Gasteiger partial charge in [-0.25, -0.2) is 29.3 Å². The lowest BCUT2D eigenvalue weighted by molar-refractivity contribution is 0.584. The van der Waals surface area contributed by atoms with Gasteiger partial charge in [-0.05, 0) is 32.9 Å². The minimum Gasteiger partial charge on any atom is -0.353 e. The molecule has 170 valence electrons. The third-order valence-corrected chi connectivity index (χ3v) is 5.74. The second-order valence-electron chi connectivity index (χ2n) is 8.36. The Labute approximate surface area is 191 Å². The van der Waals surface area contributed by atoms with E-state index in [1.165, 1.54) is 12.4 Å². The first-order chi connectivity index (χ1) is 16.0. The van der Waals surface area contributed by atoms with Gasteiger partial charge in [0.25, 0.3) is 0 Å². The molecule has 0 radical (unpaired) electrons. The number of benzene rings is 1. The normalized spacial score (nSPS) is 14.3. The summed E-state index contributed by atoms with van der Waals surface area (Å²) in [7, 11) is 0. The molecule has 1 saturated heterocycles. The molecule has 3 aromatic heterocycles. The molecule has 1 aliphatic heterocycles. The number of fused-ring (bicyclic) bond motifs is 1. The Morgan fingerprint density at radius 2 is 1.82 bits per heavy atom. The topological polar surface area (TPSA) is 96.7 Å². The van der Waals surface area contributed by atoms with Crippen molar-refractivity contribution in [2.75, 3.05) is 36.4 Å². The summed E-state index contributed by atoms with van der Waals surface area (Å²) in [6, 6.07) is 5.32. The first-order valence-corrected chi connectivity index (χ1v) is 11.0. The number of aryl methyl sites for hydroxylation is 1. The summed E-state index contributed by atoms with van der Waals surface area (Å²) in [5.41, 5.74) is 2.39. The Morgan fingerprint density at radius 3 is 2.55 bits per heavy atom. The lowest BCUT2D eigenvalue weighted by atomic mass is 10.1. The average molecular weight is 448 g/mol. The Balaban J connectivity index is 1.41. The van der Waals surface area contributed by atoms with Crippen molar-refractivity contribution in [1.82, 2.24) is 34.8 Å². The minimum atomic E-state index is -0.368. The van der Waals surface area contributed by atoms with Gasteiger partial charge < -0.3 is 20.1 Å². The summed E-state index contributed by atoms with van der Waals surface area (Å²) in [5.74, 6) is 2.40. The van der Waals surface area contributed by atoms with Crippen LogP contribution in [0.15, 0.2) is 36.9 Å². The molecule has 0 amide bonds. The predicted octanol–water partition coefficient (Wildman–Crippen LogP) is 3.46. The average Bonchev–Trinajstić information content (AvgIpc) is 3.17. The molecule has 9 nitrogen and oxygen atoms in total. The second-order valence-corrected chi connectivity index (χ2v) is 8.36. The van der Waals surface area contributed by atoms with Crippen LogP contribution in [-0.4, -0.2) is 55.7 Å².